The number of rotatable bonds is 8. The minimum atomic E-state index is -0.133. The number of nitrogens with zero attached hydrogens (tertiary/aromatic N) is 4. The van der Waals surface area contributed by atoms with E-state index in [0.717, 1.165) is 42.6 Å². The van der Waals surface area contributed by atoms with Crippen LogP contribution in [-0.2, 0) is 24.7 Å². The highest BCUT2D eigenvalue weighted by atomic mass is 32.2. The number of thiophene rings is 1. The van der Waals surface area contributed by atoms with E-state index in [1.807, 2.05) is 11.6 Å². The van der Waals surface area contributed by atoms with Crippen LogP contribution in [-0.4, -0.2) is 26.4 Å². The first-order valence-corrected chi connectivity index (χ1v) is 14.4. The second-order valence-corrected chi connectivity index (χ2v) is 12.6. The van der Waals surface area contributed by atoms with Gasteiger partial charge in [0.1, 0.15) is 11.1 Å². The van der Waals surface area contributed by atoms with Crippen LogP contribution < -0.4 is 5.32 Å². The lowest BCUT2D eigenvalue weighted by atomic mass is 9.69. The number of carbonyl (C=O) groups excluding carboxylic acids is 1. The second-order valence-electron chi connectivity index (χ2n) is 10.6. The number of hydrogen-bond donors (Lipinski definition) is 1. The second kappa shape index (κ2) is 10.8. The molecule has 1 atom stereocenters. The Morgan fingerprint density at radius 2 is 2.03 bits per heavy atom. The van der Waals surface area contributed by atoms with Crippen LogP contribution in [0.4, 0.5) is 5.00 Å². The number of nitrogens with one attached hydrogen (secondary N) is 1. The minimum Gasteiger partial charge on any atom is -0.316 e. The van der Waals surface area contributed by atoms with Crippen LogP contribution in [0.3, 0.4) is 0 Å². The zero-order valence-electron chi connectivity index (χ0n) is 22.0. The van der Waals surface area contributed by atoms with Crippen molar-refractivity contribution in [1.82, 2.24) is 14.8 Å². The molecule has 0 bridgehead atoms. The summed E-state index contributed by atoms with van der Waals surface area (Å²) < 4.78 is 1.92. The number of fused-ring (bicyclic) bond motifs is 1. The molecule has 1 amide bonds. The zero-order valence-corrected chi connectivity index (χ0v) is 23.6. The van der Waals surface area contributed by atoms with Crippen molar-refractivity contribution in [2.45, 2.75) is 71.4 Å². The van der Waals surface area contributed by atoms with Crippen molar-refractivity contribution in [2.75, 3.05) is 11.1 Å². The van der Waals surface area contributed by atoms with Crippen LogP contribution in [0, 0.1) is 22.7 Å². The van der Waals surface area contributed by atoms with Crippen molar-refractivity contribution in [3.8, 4) is 17.5 Å². The van der Waals surface area contributed by atoms with Crippen LogP contribution in [0.1, 0.15) is 74.9 Å². The van der Waals surface area contributed by atoms with Gasteiger partial charge in [0, 0.05) is 17.5 Å². The fourth-order valence-electron chi connectivity index (χ4n) is 4.75. The first-order chi connectivity index (χ1) is 17.1. The molecule has 1 aromatic carbocycles. The number of hydrogen-bond acceptors (Lipinski definition) is 6. The molecule has 8 heteroatoms. The first kappa shape index (κ1) is 26.4. The summed E-state index contributed by atoms with van der Waals surface area (Å²) >= 11 is 2.93. The van der Waals surface area contributed by atoms with E-state index in [4.69, 9.17) is 0 Å². The highest BCUT2D eigenvalue weighted by molar-refractivity contribution is 7.99. The van der Waals surface area contributed by atoms with E-state index < -0.39 is 0 Å². The van der Waals surface area contributed by atoms with Crippen LogP contribution in [0.2, 0.25) is 0 Å². The molecule has 36 heavy (non-hydrogen) atoms. The van der Waals surface area contributed by atoms with Gasteiger partial charge in [0.2, 0.25) is 5.91 Å². The molecular weight excluding hydrogens is 486 g/mol. The maximum atomic E-state index is 12.8. The van der Waals surface area contributed by atoms with E-state index in [1.54, 1.807) is 11.3 Å². The average Bonchev–Trinajstić information content (AvgIpc) is 3.41. The van der Waals surface area contributed by atoms with Gasteiger partial charge in [0.05, 0.1) is 11.3 Å². The van der Waals surface area contributed by atoms with Gasteiger partial charge in [-0.3, -0.25) is 4.79 Å². The molecule has 0 fully saturated rings. The molecule has 1 N–H and O–H groups in total. The monoisotopic (exact) mass is 521 g/mol. The van der Waals surface area contributed by atoms with E-state index in [-0.39, 0.29) is 17.1 Å². The van der Waals surface area contributed by atoms with Crippen LogP contribution in [0.5, 0.6) is 0 Å². The molecule has 0 saturated heterocycles. The molecule has 0 aliphatic heterocycles. The lowest BCUT2D eigenvalue weighted by molar-refractivity contribution is -0.113. The molecule has 4 rings (SSSR count). The maximum Gasteiger partial charge on any atom is 0.235 e. The fourth-order valence-corrected chi connectivity index (χ4v) is 6.75. The van der Waals surface area contributed by atoms with E-state index in [1.165, 1.54) is 22.2 Å². The number of aromatic nitrogens is 3. The third kappa shape index (κ3) is 5.37. The summed E-state index contributed by atoms with van der Waals surface area (Å²) in [5.41, 5.74) is 4.34. The standard InChI is InChI=1S/C28H35N5OS2/c1-7-28(4,5)20-12-13-21-22(15-29)26(36-23(21)14-20)30-24(34)16-35-27-32-31-25(33(27)6)19-10-8-18(9-11-19)17(2)3/h8-11,17,20H,7,12-14,16H2,1-6H3,(H,30,34). The Kier molecular flexibility index (Phi) is 7.91. The van der Waals surface area contributed by atoms with Gasteiger partial charge in [-0.1, -0.05) is 77.1 Å². The minimum absolute atomic E-state index is 0.133. The van der Waals surface area contributed by atoms with Gasteiger partial charge in [-0.15, -0.1) is 21.5 Å². The molecule has 190 valence electrons. The average molecular weight is 522 g/mol. The van der Waals surface area contributed by atoms with Crippen LogP contribution in [0.15, 0.2) is 29.4 Å². The van der Waals surface area contributed by atoms with Gasteiger partial charge in [0.15, 0.2) is 11.0 Å². The Hall–Kier alpha value is -2.63. The van der Waals surface area contributed by atoms with Crippen molar-refractivity contribution in [3.63, 3.8) is 0 Å². The largest absolute Gasteiger partial charge is 0.316 e. The maximum absolute atomic E-state index is 12.8. The summed E-state index contributed by atoms with van der Waals surface area (Å²) in [4.78, 5) is 14.1. The van der Waals surface area contributed by atoms with Gasteiger partial charge >= 0.3 is 0 Å². The summed E-state index contributed by atoms with van der Waals surface area (Å²) in [7, 11) is 1.92. The van der Waals surface area contributed by atoms with Crippen molar-refractivity contribution in [2.24, 2.45) is 18.4 Å². The molecule has 2 aromatic heterocycles. The van der Waals surface area contributed by atoms with Gasteiger partial charge < -0.3 is 9.88 Å². The third-order valence-electron chi connectivity index (χ3n) is 7.65. The van der Waals surface area contributed by atoms with Crippen molar-refractivity contribution in [3.05, 3.63) is 45.8 Å². The molecule has 3 aromatic rings. The third-order valence-corrected chi connectivity index (χ3v) is 9.84. The Morgan fingerprint density at radius 1 is 1.31 bits per heavy atom. The summed E-state index contributed by atoms with van der Waals surface area (Å²) in [5, 5.41) is 22.9. The van der Waals surface area contributed by atoms with Crippen molar-refractivity contribution in [1.29, 1.82) is 5.26 Å². The smallest absolute Gasteiger partial charge is 0.235 e. The molecule has 1 aliphatic rings. The van der Waals surface area contributed by atoms with Crippen molar-refractivity contribution >= 4 is 34.0 Å². The summed E-state index contributed by atoms with van der Waals surface area (Å²) in [5.74, 6) is 1.92. The van der Waals surface area contributed by atoms with Crippen LogP contribution >= 0.6 is 23.1 Å². The van der Waals surface area contributed by atoms with E-state index in [0.29, 0.717) is 27.6 Å². The first-order valence-electron chi connectivity index (χ1n) is 12.6. The predicted octanol–water partition coefficient (Wildman–Crippen LogP) is 6.81. The number of amides is 1. The summed E-state index contributed by atoms with van der Waals surface area (Å²) in [6, 6.07) is 10.7. The van der Waals surface area contributed by atoms with E-state index in [2.05, 4.69) is 80.5 Å². The SMILES string of the molecule is CCC(C)(C)C1CCc2c(sc(NC(=O)CSc3nnc(-c4ccc(C(C)C)cc4)n3C)c2C#N)C1. The molecule has 0 spiro atoms. The highest BCUT2D eigenvalue weighted by Crippen LogP contribution is 2.45. The Morgan fingerprint density at radius 3 is 2.67 bits per heavy atom. The molecule has 6 nitrogen and oxygen atoms in total. The van der Waals surface area contributed by atoms with Crippen molar-refractivity contribution < 1.29 is 4.79 Å². The lowest BCUT2D eigenvalue weighted by Crippen LogP contribution is -2.28. The quantitative estimate of drug-likeness (QED) is 0.329. The molecule has 1 unspecified atom stereocenters. The van der Waals surface area contributed by atoms with Gasteiger partial charge in [-0.05, 0) is 47.6 Å². The Bertz CT molecular complexity index is 1280. The lowest BCUT2D eigenvalue weighted by Gasteiger charge is -2.36. The normalized spacial score (nSPS) is 15.6. The van der Waals surface area contributed by atoms with Gasteiger partial charge in [-0.2, -0.15) is 5.26 Å². The Labute approximate surface area is 222 Å². The number of nitriles is 1. The predicted molar refractivity (Wildman–Crippen MR) is 149 cm³/mol. The number of thioether (sulfide) groups is 1. The van der Waals surface area contributed by atoms with E-state index >= 15 is 0 Å². The molecule has 1 aliphatic carbocycles. The van der Waals surface area contributed by atoms with Gasteiger partial charge in [-0.25, -0.2) is 0 Å². The topological polar surface area (TPSA) is 83.6 Å². The number of carbonyl (C=O) groups is 1. The molecular formula is C28H35N5OS2. The number of anilines is 1. The molecule has 0 radical (unpaired) electrons. The summed E-state index contributed by atoms with van der Waals surface area (Å²) in [6.07, 6.45) is 4.13. The van der Waals surface area contributed by atoms with E-state index in [9.17, 15) is 10.1 Å². The highest BCUT2D eigenvalue weighted by Gasteiger charge is 2.34. The summed E-state index contributed by atoms with van der Waals surface area (Å²) in [6.45, 7) is 11.3. The molecule has 2 heterocycles. The molecule has 0 saturated carbocycles. The van der Waals surface area contributed by atoms with Gasteiger partial charge in [0.25, 0.3) is 0 Å². The fraction of sp³-hybridized carbons (Fsp3) is 0.500. The Balaban J connectivity index is 1.42. The number of benzene rings is 1. The zero-order chi connectivity index (χ0) is 26.0. The van der Waals surface area contributed by atoms with Crippen LogP contribution in [0.25, 0.3) is 11.4 Å².